The summed E-state index contributed by atoms with van der Waals surface area (Å²) in [6, 6.07) is 7.74. The molecule has 1 heterocycles. The smallest absolute Gasteiger partial charge is 0.338 e. The number of nitrogens with zero attached hydrogens (tertiary/aromatic N) is 2. The number of hydrogen-bond acceptors (Lipinski definition) is 5. The standard InChI is InChI=1S/C13H12N2O4S/c1-14(8-10-3-2-6-20-10)12-5-4-9(15(18)19)7-11(12)13(16)17/h2-7H,8H2,1H3,(H,16,17). The molecular weight excluding hydrogens is 280 g/mol. The number of hydrogen-bond donors (Lipinski definition) is 1. The molecule has 0 aliphatic rings. The van der Waals surface area contributed by atoms with Gasteiger partial charge >= 0.3 is 5.97 Å². The fourth-order valence-electron chi connectivity index (χ4n) is 1.86. The Morgan fingerprint density at radius 1 is 1.45 bits per heavy atom. The Morgan fingerprint density at radius 3 is 2.75 bits per heavy atom. The number of anilines is 1. The zero-order valence-electron chi connectivity index (χ0n) is 10.6. The second-order valence-corrected chi connectivity index (χ2v) is 5.23. The molecule has 0 atom stereocenters. The molecule has 0 saturated carbocycles. The summed E-state index contributed by atoms with van der Waals surface area (Å²) in [5, 5.41) is 21.9. The number of nitro groups is 1. The Labute approximate surface area is 119 Å². The van der Waals surface area contributed by atoms with Crippen LogP contribution < -0.4 is 4.90 Å². The second-order valence-electron chi connectivity index (χ2n) is 4.20. The zero-order chi connectivity index (χ0) is 14.7. The van der Waals surface area contributed by atoms with E-state index in [9.17, 15) is 20.0 Å². The van der Waals surface area contributed by atoms with Crippen molar-refractivity contribution < 1.29 is 14.8 Å². The van der Waals surface area contributed by atoms with Gasteiger partial charge in [0, 0.05) is 24.1 Å². The molecule has 0 unspecified atom stereocenters. The summed E-state index contributed by atoms with van der Waals surface area (Å²) in [6.07, 6.45) is 0. The predicted octanol–water partition coefficient (Wildman–Crippen LogP) is 2.99. The first-order valence-electron chi connectivity index (χ1n) is 5.74. The third kappa shape index (κ3) is 2.94. The summed E-state index contributed by atoms with van der Waals surface area (Å²) < 4.78 is 0. The quantitative estimate of drug-likeness (QED) is 0.676. The highest BCUT2D eigenvalue weighted by Gasteiger charge is 2.18. The predicted molar refractivity (Wildman–Crippen MR) is 76.5 cm³/mol. The van der Waals surface area contributed by atoms with Crippen LogP contribution in [0.3, 0.4) is 0 Å². The van der Waals surface area contributed by atoms with Crippen LogP contribution in [0.4, 0.5) is 11.4 Å². The lowest BCUT2D eigenvalue weighted by atomic mass is 10.1. The van der Waals surface area contributed by atoms with Gasteiger partial charge in [0.15, 0.2) is 0 Å². The Kier molecular flexibility index (Phi) is 3.99. The van der Waals surface area contributed by atoms with E-state index < -0.39 is 10.9 Å². The van der Waals surface area contributed by atoms with Gasteiger partial charge in [-0.3, -0.25) is 10.1 Å². The van der Waals surface area contributed by atoms with E-state index in [4.69, 9.17) is 0 Å². The summed E-state index contributed by atoms with van der Waals surface area (Å²) in [7, 11) is 1.76. The van der Waals surface area contributed by atoms with Gasteiger partial charge in [-0.25, -0.2) is 4.79 Å². The molecule has 1 N–H and O–H groups in total. The average molecular weight is 292 g/mol. The third-order valence-corrected chi connectivity index (χ3v) is 3.67. The molecule has 104 valence electrons. The normalized spacial score (nSPS) is 10.2. The molecule has 6 nitrogen and oxygen atoms in total. The van der Waals surface area contributed by atoms with Crippen molar-refractivity contribution in [1.82, 2.24) is 0 Å². The van der Waals surface area contributed by atoms with Gasteiger partial charge in [0.1, 0.15) is 0 Å². The van der Waals surface area contributed by atoms with Crippen LogP contribution in [0.5, 0.6) is 0 Å². The van der Waals surface area contributed by atoms with Crippen molar-refractivity contribution >= 4 is 28.7 Å². The first kappa shape index (κ1) is 14.0. The molecule has 0 saturated heterocycles. The Morgan fingerprint density at radius 2 is 2.20 bits per heavy atom. The number of thiophene rings is 1. The molecule has 1 aromatic heterocycles. The first-order valence-corrected chi connectivity index (χ1v) is 6.62. The molecule has 0 fully saturated rings. The SMILES string of the molecule is CN(Cc1cccs1)c1ccc([N+](=O)[O-])cc1C(=O)O. The van der Waals surface area contributed by atoms with Crippen LogP contribution in [-0.2, 0) is 6.54 Å². The lowest BCUT2D eigenvalue weighted by Crippen LogP contribution is -2.19. The molecule has 2 aromatic rings. The number of aromatic carboxylic acids is 1. The van der Waals surface area contributed by atoms with Gasteiger partial charge in [0.25, 0.3) is 5.69 Å². The van der Waals surface area contributed by atoms with Crippen LogP contribution in [-0.4, -0.2) is 23.0 Å². The van der Waals surface area contributed by atoms with Crippen LogP contribution >= 0.6 is 11.3 Å². The van der Waals surface area contributed by atoms with Gasteiger partial charge in [0.05, 0.1) is 22.7 Å². The summed E-state index contributed by atoms with van der Waals surface area (Å²) in [4.78, 5) is 24.2. The highest BCUT2D eigenvalue weighted by molar-refractivity contribution is 7.09. The molecule has 0 spiro atoms. The van der Waals surface area contributed by atoms with Crippen molar-refractivity contribution in [3.63, 3.8) is 0 Å². The van der Waals surface area contributed by atoms with E-state index >= 15 is 0 Å². The number of carbonyl (C=O) groups is 1. The van der Waals surface area contributed by atoms with Gasteiger partial charge in [-0.1, -0.05) is 6.07 Å². The fraction of sp³-hybridized carbons (Fsp3) is 0.154. The van der Waals surface area contributed by atoms with Crippen molar-refractivity contribution in [3.05, 3.63) is 56.3 Å². The fourth-order valence-corrected chi connectivity index (χ4v) is 2.62. The maximum absolute atomic E-state index is 11.3. The lowest BCUT2D eigenvalue weighted by molar-refractivity contribution is -0.384. The lowest BCUT2D eigenvalue weighted by Gasteiger charge is -2.20. The molecule has 0 radical (unpaired) electrons. The van der Waals surface area contributed by atoms with Gasteiger partial charge in [-0.15, -0.1) is 11.3 Å². The van der Waals surface area contributed by atoms with Crippen LogP contribution in [0.15, 0.2) is 35.7 Å². The van der Waals surface area contributed by atoms with Crippen molar-refractivity contribution in [3.8, 4) is 0 Å². The van der Waals surface area contributed by atoms with E-state index in [1.54, 1.807) is 23.3 Å². The van der Waals surface area contributed by atoms with E-state index in [1.807, 2.05) is 17.5 Å². The average Bonchev–Trinajstić information content (AvgIpc) is 2.90. The summed E-state index contributed by atoms with van der Waals surface area (Å²) >= 11 is 1.57. The molecule has 0 aliphatic carbocycles. The van der Waals surface area contributed by atoms with E-state index in [0.717, 1.165) is 10.9 Å². The van der Waals surface area contributed by atoms with Gasteiger partial charge in [0.2, 0.25) is 0 Å². The van der Waals surface area contributed by atoms with Gasteiger partial charge in [-0.2, -0.15) is 0 Å². The van der Waals surface area contributed by atoms with E-state index in [2.05, 4.69) is 0 Å². The number of non-ortho nitro benzene ring substituents is 1. The van der Waals surface area contributed by atoms with Crippen molar-refractivity contribution in [2.45, 2.75) is 6.54 Å². The minimum absolute atomic E-state index is 0.0711. The zero-order valence-corrected chi connectivity index (χ0v) is 11.5. The number of nitro benzene ring substituents is 1. The van der Waals surface area contributed by atoms with E-state index in [1.165, 1.54) is 12.1 Å². The van der Waals surface area contributed by atoms with Gasteiger partial charge < -0.3 is 10.0 Å². The van der Waals surface area contributed by atoms with E-state index in [-0.39, 0.29) is 11.3 Å². The van der Waals surface area contributed by atoms with Gasteiger partial charge in [-0.05, 0) is 17.5 Å². The minimum Gasteiger partial charge on any atom is -0.478 e. The molecule has 7 heteroatoms. The molecule has 2 rings (SSSR count). The van der Waals surface area contributed by atoms with Crippen LogP contribution in [0.1, 0.15) is 15.2 Å². The number of carboxylic acid groups (broad SMARTS) is 1. The summed E-state index contributed by atoms with van der Waals surface area (Å²) in [5.41, 5.74) is 0.158. The molecule has 20 heavy (non-hydrogen) atoms. The molecular formula is C13H12N2O4S. The summed E-state index contributed by atoms with van der Waals surface area (Å²) in [6.45, 7) is 0.551. The van der Waals surface area contributed by atoms with Crippen LogP contribution in [0, 0.1) is 10.1 Å². The first-order chi connectivity index (χ1) is 9.49. The maximum Gasteiger partial charge on any atom is 0.338 e. The second kappa shape index (κ2) is 5.70. The van der Waals surface area contributed by atoms with Crippen molar-refractivity contribution in [2.75, 3.05) is 11.9 Å². The topological polar surface area (TPSA) is 83.7 Å². The number of carboxylic acids is 1. The van der Waals surface area contributed by atoms with Crippen LogP contribution in [0.25, 0.3) is 0 Å². The number of benzene rings is 1. The molecule has 0 aliphatic heterocycles. The van der Waals surface area contributed by atoms with Crippen LogP contribution in [0.2, 0.25) is 0 Å². The monoisotopic (exact) mass is 292 g/mol. The Hall–Kier alpha value is -2.41. The maximum atomic E-state index is 11.3. The van der Waals surface area contributed by atoms with Crippen molar-refractivity contribution in [2.24, 2.45) is 0 Å². The highest BCUT2D eigenvalue weighted by Crippen LogP contribution is 2.26. The summed E-state index contributed by atoms with van der Waals surface area (Å²) in [5.74, 6) is -1.18. The Bertz CT molecular complexity index is 640. The van der Waals surface area contributed by atoms with Crippen molar-refractivity contribution in [1.29, 1.82) is 0 Å². The number of rotatable bonds is 5. The molecule has 1 aromatic carbocycles. The highest BCUT2D eigenvalue weighted by atomic mass is 32.1. The minimum atomic E-state index is -1.18. The third-order valence-electron chi connectivity index (χ3n) is 2.81. The van der Waals surface area contributed by atoms with E-state index in [0.29, 0.717) is 12.2 Å². The Balaban J connectivity index is 2.35. The largest absolute Gasteiger partial charge is 0.478 e. The molecule has 0 amide bonds. The molecule has 0 bridgehead atoms.